The van der Waals surface area contributed by atoms with E-state index >= 15 is 0 Å². The highest BCUT2D eigenvalue weighted by Gasteiger charge is 2.13. The number of hydrogen-bond donors (Lipinski definition) is 2. The zero-order chi connectivity index (χ0) is 22.1. The molecular weight excluding hydrogens is 422 g/mol. The number of anilines is 1. The third-order valence-electron chi connectivity index (χ3n) is 5.20. The number of nitrogens with one attached hydrogen (secondary N) is 1. The first kappa shape index (κ1) is 19.8. The van der Waals surface area contributed by atoms with Crippen LogP contribution >= 0.6 is 0 Å². The molecule has 2 N–H and O–H groups in total. The van der Waals surface area contributed by atoms with Gasteiger partial charge in [0.15, 0.2) is 0 Å². The number of aromatic nitrogens is 2. The van der Waals surface area contributed by atoms with Crippen LogP contribution in [-0.4, -0.2) is 23.1 Å². The van der Waals surface area contributed by atoms with Gasteiger partial charge in [-0.1, -0.05) is 36.4 Å². The van der Waals surface area contributed by atoms with Crippen molar-refractivity contribution >= 4 is 26.7 Å². The van der Waals surface area contributed by atoms with Crippen LogP contribution in [0.3, 0.4) is 0 Å². The van der Waals surface area contributed by atoms with Crippen LogP contribution in [-0.2, 0) is 10.0 Å². The summed E-state index contributed by atoms with van der Waals surface area (Å²) in [5.41, 5.74) is 5.13. The smallest absolute Gasteiger partial charge is 0.261 e. The van der Waals surface area contributed by atoms with Crippen molar-refractivity contribution in [2.45, 2.75) is 4.90 Å². The van der Waals surface area contributed by atoms with E-state index < -0.39 is 10.0 Å². The molecule has 0 fully saturated rings. The lowest BCUT2D eigenvalue weighted by Crippen LogP contribution is -2.12. The van der Waals surface area contributed by atoms with Gasteiger partial charge < -0.3 is 5.11 Å². The molecule has 6 nitrogen and oxygen atoms in total. The molecule has 0 saturated heterocycles. The van der Waals surface area contributed by atoms with Gasteiger partial charge in [0, 0.05) is 11.4 Å². The minimum absolute atomic E-state index is 0.217. The van der Waals surface area contributed by atoms with Crippen molar-refractivity contribution in [1.29, 1.82) is 0 Å². The van der Waals surface area contributed by atoms with E-state index in [9.17, 15) is 13.5 Å². The van der Waals surface area contributed by atoms with Gasteiger partial charge in [0.05, 0.1) is 15.9 Å². The maximum Gasteiger partial charge on any atom is 0.261 e. The molecule has 0 unspecified atom stereocenters. The normalized spacial score (nSPS) is 11.5. The molecule has 0 bridgehead atoms. The second-order valence-electron chi connectivity index (χ2n) is 7.33. The minimum atomic E-state index is -3.63. The molecule has 5 aromatic rings. The van der Waals surface area contributed by atoms with Crippen molar-refractivity contribution in [2.75, 3.05) is 4.72 Å². The number of hydrogen-bond acceptors (Lipinski definition) is 4. The number of imidazole rings is 1. The van der Waals surface area contributed by atoms with E-state index in [1.807, 2.05) is 47.0 Å². The SMILES string of the molecule is O=S(=O)(Nc1ccc(-n2cnc3cc(-c4ccc(O)cc4)ccc32)cc1)c1ccccc1. The number of aromatic hydroxyl groups is 1. The van der Waals surface area contributed by atoms with Crippen LogP contribution in [0.2, 0.25) is 0 Å². The lowest BCUT2D eigenvalue weighted by atomic mass is 10.1. The Morgan fingerprint density at radius 1 is 0.781 bits per heavy atom. The molecule has 32 heavy (non-hydrogen) atoms. The monoisotopic (exact) mass is 441 g/mol. The fourth-order valence-corrected chi connectivity index (χ4v) is 4.64. The van der Waals surface area contributed by atoms with Crippen molar-refractivity contribution in [3.63, 3.8) is 0 Å². The average molecular weight is 442 g/mol. The number of rotatable bonds is 5. The van der Waals surface area contributed by atoms with Gasteiger partial charge in [0.2, 0.25) is 0 Å². The Labute approximate surface area is 185 Å². The molecule has 0 aliphatic carbocycles. The first-order valence-electron chi connectivity index (χ1n) is 9.94. The van der Waals surface area contributed by atoms with Crippen LogP contribution in [0.25, 0.3) is 27.8 Å². The molecule has 158 valence electrons. The Hall–Kier alpha value is -4.10. The Morgan fingerprint density at radius 2 is 1.47 bits per heavy atom. The largest absolute Gasteiger partial charge is 0.508 e. The van der Waals surface area contributed by atoms with Crippen molar-refractivity contribution in [3.05, 3.63) is 103 Å². The molecule has 0 aliphatic rings. The van der Waals surface area contributed by atoms with E-state index in [2.05, 4.69) is 9.71 Å². The van der Waals surface area contributed by atoms with E-state index in [0.717, 1.165) is 27.8 Å². The fourth-order valence-electron chi connectivity index (χ4n) is 3.56. The topological polar surface area (TPSA) is 84.2 Å². The lowest BCUT2D eigenvalue weighted by molar-refractivity contribution is 0.475. The number of sulfonamides is 1. The molecule has 0 aliphatic heterocycles. The molecular formula is C25H19N3O3S. The van der Waals surface area contributed by atoms with Gasteiger partial charge in [-0.05, 0) is 71.8 Å². The van der Waals surface area contributed by atoms with Gasteiger partial charge in [-0.25, -0.2) is 13.4 Å². The Bertz CT molecular complexity index is 1490. The summed E-state index contributed by atoms with van der Waals surface area (Å²) in [4.78, 5) is 4.74. The number of nitrogens with zero attached hydrogens (tertiary/aromatic N) is 2. The second kappa shape index (κ2) is 7.86. The van der Waals surface area contributed by atoms with Crippen molar-refractivity contribution in [3.8, 4) is 22.6 Å². The highest BCUT2D eigenvalue weighted by molar-refractivity contribution is 7.92. The highest BCUT2D eigenvalue weighted by atomic mass is 32.2. The van der Waals surface area contributed by atoms with Crippen LogP contribution in [0.15, 0.2) is 108 Å². The van der Waals surface area contributed by atoms with E-state index in [0.29, 0.717) is 5.69 Å². The molecule has 4 aromatic carbocycles. The van der Waals surface area contributed by atoms with Gasteiger partial charge >= 0.3 is 0 Å². The van der Waals surface area contributed by atoms with Gasteiger partial charge in [0.1, 0.15) is 12.1 Å². The van der Waals surface area contributed by atoms with Gasteiger partial charge in [-0.3, -0.25) is 9.29 Å². The molecule has 5 rings (SSSR count). The molecule has 0 radical (unpaired) electrons. The Balaban J connectivity index is 1.41. The average Bonchev–Trinajstić information content (AvgIpc) is 3.24. The summed E-state index contributed by atoms with van der Waals surface area (Å²) in [5, 5.41) is 9.49. The number of phenolic OH excluding ortho intramolecular Hbond substituents is 1. The van der Waals surface area contributed by atoms with Gasteiger partial charge in [-0.2, -0.15) is 0 Å². The van der Waals surface area contributed by atoms with Gasteiger partial charge in [0.25, 0.3) is 10.0 Å². The Kier molecular flexibility index (Phi) is 4.88. The Morgan fingerprint density at radius 3 is 2.19 bits per heavy atom. The standard InChI is InChI=1S/C25H19N3O3S/c29-22-13-6-18(7-14-22)19-8-15-25-24(16-19)26-17-28(25)21-11-9-20(10-12-21)27-32(30,31)23-4-2-1-3-5-23/h1-17,27,29H. The molecule has 0 atom stereocenters. The summed E-state index contributed by atoms with van der Waals surface area (Å²) < 4.78 is 29.6. The maximum absolute atomic E-state index is 12.5. The van der Waals surface area contributed by atoms with Crippen molar-refractivity contribution in [1.82, 2.24) is 9.55 Å². The molecule has 0 amide bonds. The number of benzene rings is 4. The summed E-state index contributed by atoms with van der Waals surface area (Å²) in [5.74, 6) is 0.230. The summed E-state index contributed by atoms with van der Waals surface area (Å²) in [6.07, 6.45) is 1.74. The van der Waals surface area contributed by atoms with Crippen LogP contribution in [0, 0.1) is 0 Å². The molecule has 1 heterocycles. The summed E-state index contributed by atoms with van der Waals surface area (Å²) in [7, 11) is -3.63. The van der Waals surface area contributed by atoms with E-state index in [-0.39, 0.29) is 10.6 Å². The van der Waals surface area contributed by atoms with Crippen LogP contribution in [0.1, 0.15) is 0 Å². The van der Waals surface area contributed by atoms with E-state index in [1.54, 1.807) is 60.9 Å². The molecule has 7 heteroatoms. The predicted molar refractivity (Wildman–Crippen MR) is 125 cm³/mol. The second-order valence-corrected chi connectivity index (χ2v) is 9.01. The van der Waals surface area contributed by atoms with E-state index in [4.69, 9.17) is 0 Å². The quantitative estimate of drug-likeness (QED) is 0.393. The first-order valence-corrected chi connectivity index (χ1v) is 11.4. The van der Waals surface area contributed by atoms with Crippen LogP contribution < -0.4 is 4.72 Å². The third kappa shape index (κ3) is 3.81. The highest BCUT2D eigenvalue weighted by Crippen LogP contribution is 2.27. The molecule has 1 aromatic heterocycles. The zero-order valence-corrected chi connectivity index (χ0v) is 17.7. The summed E-state index contributed by atoms with van der Waals surface area (Å²) in [6, 6.07) is 28.5. The molecule has 0 saturated carbocycles. The minimum Gasteiger partial charge on any atom is -0.508 e. The fraction of sp³-hybridized carbons (Fsp3) is 0. The van der Waals surface area contributed by atoms with Crippen molar-refractivity contribution < 1.29 is 13.5 Å². The summed E-state index contributed by atoms with van der Waals surface area (Å²) in [6.45, 7) is 0. The van der Waals surface area contributed by atoms with Gasteiger partial charge in [-0.15, -0.1) is 0 Å². The van der Waals surface area contributed by atoms with E-state index in [1.165, 1.54) is 0 Å². The van der Waals surface area contributed by atoms with Crippen LogP contribution in [0.5, 0.6) is 5.75 Å². The van der Waals surface area contributed by atoms with Crippen LogP contribution in [0.4, 0.5) is 5.69 Å². The van der Waals surface area contributed by atoms with Crippen molar-refractivity contribution in [2.24, 2.45) is 0 Å². The number of phenols is 1. The first-order chi connectivity index (χ1) is 15.5. The lowest BCUT2D eigenvalue weighted by Gasteiger charge is -2.10. The maximum atomic E-state index is 12.5. The zero-order valence-electron chi connectivity index (χ0n) is 16.9. The summed E-state index contributed by atoms with van der Waals surface area (Å²) >= 11 is 0. The third-order valence-corrected chi connectivity index (χ3v) is 6.60. The molecule has 0 spiro atoms. The number of fused-ring (bicyclic) bond motifs is 1. The predicted octanol–water partition coefficient (Wildman–Crippen LogP) is 5.20.